The highest BCUT2D eigenvalue weighted by atomic mass is 16.1. The SMILES string of the molecule is CC#CCn1c(N2CCC[C@@H](N)C2)nc2ccn(Cc3ccnc4ccccc34)c2c1=O. The van der Waals surface area contributed by atoms with Gasteiger partial charge in [0.05, 0.1) is 17.6 Å². The van der Waals surface area contributed by atoms with Crippen molar-refractivity contribution in [3.05, 3.63) is 64.7 Å². The number of hydrogen-bond donors (Lipinski definition) is 1. The van der Waals surface area contributed by atoms with Gasteiger partial charge in [0.2, 0.25) is 5.95 Å². The van der Waals surface area contributed by atoms with Crippen molar-refractivity contribution in [1.82, 2.24) is 19.1 Å². The molecule has 1 aliphatic heterocycles. The van der Waals surface area contributed by atoms with Gasteiger partial charge in [0.1, 0.15) is 5.52 Å². The molecule has 1 aromatic carbocycles. The van der Waals surface area contributed by atoms with E-state index in [-0.39, 0.29) is 11.6 Å². The lowest BCUT2D eigenvalue weighted by Crippen LogP contribution is -2.45. The number of fused-ring (bicyclic) bond motifs is 2. The Morgan fingerprint density at radius 3 is 2.91 bits per heavy atom. The average molecular weight is 427 g/mol. The lowest BCUT2D eigenvalue weighted by Gasteiger charge is -2.32. The van der Waals surface area contributed by atoms with Gasteiger partial charge in [-0.3, -0.25) is 14.3 Å². The lowest BCUT2D eigenvalue weighted by atomic mass is 10.1. The van der Waals surface area contributed by atoms with Crippen LogP contribution in [-0.2, 0) is 13.1 Å². The molecule has 0 aliphatic carbocycles. The smallest absolute Gasteiger partial charge is 0.280 e. The number of para-hydroxylation sites is 1. The number of rotatable bonds is 4. The first kappa shape index (κ1) is 20.3. The first-order chi connectivity index (χ1) is 15.7. The zero-order valence-electron chi connectivity index (χ0n) is 18.2. The predicted molar refractivity (Wildman–Crippen MR) is 128 cm³/mol. The number of anilines is 1. The van der Waals surface area contributed by atoms with Crippen LogP contribution in [0.15, 0.2) is 53.6 Å². The Kier molecular flexibility index (Phi) is 5.38. The third-order valence-electron chi connectivity index (χ3n) is 6.09. The molecule has 0 unspecified atom stereocenters. The van der Waals surface area contributed by atoms with Crippen molar-refractivity contribution < 1.29 is 0 Å². The number of hydrogen-bond acceptors (Lipinski definition) is 5. The molecule has 7 heteroatoms. The summed E-state index contributed by atoms with van der Waals surface area (Å²) >= 11 is 0. The molecule has 1 atom stereocenters. The first-order valence-electron chi connectivity index (χ1n) is 11.0. The first-order valence-corrected chi connectivity index (χ1v) is 11.0. The summed E-state index contributed by atoms with van der Waals surface area (Å²) in [6.45, 7) is 4.19. The van der Waals surface area contributed by atoms with E-state index in [1.807, 2.05) is 47.3 Å². The third kappa shape index (κ3) is 3.63. The van der Waals surface area contributed by atoms with Crippen LogP contribution in [0.2, 0.25) is 0 Å². The van der Waals surface area contributed by atoms with Gasteiger partial charge in [-0.05, 0) is 43.5 Å². The Morgan fingerprint density at radius 1 is 1.19 bits per heavy atom. The van der Waals surface area contributed by atoms with Crippen LogP contribution < -0.4 is 16.2 Å². The molecule has 4 heterocycles. The van der Waals surface area contributed by atoms with Gasteiger partial charge in [0.25, 0.3) is 5.56 Å². The van der Waals surface area contributed by atoms with Crippen molar-refractivity contribution in [2.45, 2.75) is 38.9 Å². The summed E-state index contributed by atoms with van der Waals surface area (Å²) < 4.78 is 3.67. The van der Waals surface area contributed by atoms with E-state index in [0.29, 0.717) is 36.6 Å². The maximum Gasteiger partial charge on any atom is 0.280 e. The molecular formula is C25H26N6O. The molecule has 0 radical (unpaired) electrons. The van der Waals surface area contributed by atoms with Crippen molar-refractivity contribution >= 4 is 27.9 Å². The Balaban J connectivity index is 1.63. The maximum absolute atomic E-state index is 13.7. The summed E-state index contributed by atoms with van der Waals surface area (Å²) in [6.07, 6.45) is 5.74. The van der Waals surface area contributed by atoms with Crippen LogP contribution in [0, 0.1) is 11.8 Å². The molecule has 1 saturated heterocycles. The molecule has 1 fully saturated rings. The number of nitrogens with zero attached hydrogens (tertiary/aromatic N) is 5. The second-order valence-electron chi connectivity index (χ2n) is 8.24. The Morgan fingerprint density at radius 2 is 2.06 bits per heavy atom. The topological polar surface area (TPSA) is 82.0 Å². The van der Waals surface area contributed by atoms with Crippen LogP contribution in [0.25, 0.3) is 21.9 Å². The van der Waals surface area contributed by atoms with Crippen molar-refractivity contribution in [3.8, 4) is 11.8 Å². The quantitative estimate of drug-likeness (QED) is 0.508. The van der Waals surface area contributed by atoms with E-state index in [2.05, 4.69) is 27.8 Å². The summed E-state index contributed by atoms with van der Waals surface area (Å²) in [6, 6.07) is 12.1. The van der Waals surface area contributed by atoms with Crippen LogP contribution in [0.5, 0.6) is 0 Å². The molecule has 7 nitrogen and oxygen atoms in total. The Labute approximate surface area is 186 Å². The van der Waals surface area contributed by atoms with Gasteiger partial charge in [0.15, 0.2) is 0 Å². The van der Waals surface area contributed by atoms with Gasteiger partial charge in [-0.15, -0.1) is 5.92 Å². The van der Waals surface area contributed by atoms with Crippen LogP contribution in [0.4, 0.5) is 5.95 Å². The second kappa shape index (κ2) is 8.48. The van der Waals surface area contributed by atoms with Crippen molar-refractivity contribution in [2.75, 3.05) is 18.0 Å². The van der Waals surface area contributed by atoms with Crippen LogP contribution in [0.3, 0.4) is 0 Å². The highest BCUT2D eigenvalue weighted by molar-refractivity contribution is 5.82. The monoisotopic (exact) mass is 426 g/mol. The number of aromatic nitrogens is 4. The molecule has 4 aromatic rings. The van der Waals surface area contributed by atoms with Gasteiger partial charge < -0.3 is 15.2 Å². The van der Waals surface area contributed by atoms with E-state index < -0.39 is 0 Å². The number of pyridine rings is 1. The Bertz CT molecular complexity index is 1400. The zero-order chi connectivity index (χ0) is 22.1. The molecule has 162 valence electrons. The molecule has 0 saturated carbocycles. The summed E-state index contributed by atoms with van der Waals surface area (Å²) in [5, 5.41) is 1.08. The van der Waals surface area contributed by atoms with Gasteiger partial charge in [-0.1, -0.05) is 24.1 Å². The zero-order valence-corrected chi connectivity index (χ0v) is 18.2. The molecule has 2 N–H and O–H groups in total. The van der Waals surface area contributed by atoms with E-state index in [0.717, 1.165) is 35.9 Å². The summed E-state index contributed by atoms with van der Waals surface area (Å²) in [5.74, 6) is 6.61. The van der Waals surface area contributed by atoms with Crippen LogP contribution in [-0.4, -0.2) is 38.2 Å². The molecule has 5 rings (SSSR count). The minimum atomic E-state index is -0.0738. The fourth-order valence-electron chi connectivity index (χ4n) is 4.51. The summed E-state index contributed by atoms with van der Waals surface area (Å²) in [5.41, 5.74) is 9.47. The molecular weight excluding hydrogens is 400 g/mol. The molecule has 3 aromatic heterocycles. The average Bonchev–Trinajstić information content (AvgIpc) is 3.21. The number of benzene rings is 1. The fourth-order valence-corrected chi connectivity index (χ4v) is 4.51. The number of piperidine rings is 1. The standard InChI is InChI=1S/C25H26N6O/c1-2-3-14-31-24(32)23-22(28-25(31)30-13-6-7-19(26)17-30)11-15-29(23)16-18-10-12-27-21-9-5-4-8-20(18)21/h4-5,8-12,15,19H,6-7,13-14,16-17,26H2,1H3/t19-/m1/s1. The summed E-state index contributed by atoms with van der Waals surface area (Å²) in [4.78, 5) is 25.2. The van der Waals surface area contributed by atoms with E-state index >= 15 is 0 Å². The van der Waals surface area contributed by atoms with E-state index in [9.17, 15) is 4.79 Å². The number of nitrogens with two attached hydrogens (primary N) is 1. The van der Waals surface area contributed by atoms with Crippen molar-refractivity contribution in [1.29, 1.82) is 0 Å². The fraction of sp³-hybridized carbons (Fsp3) is 0.320. The Hall–Kier alpha value is -3.63. The largest absolute Gasteiger partial charge is 0.341 e. The third-order valence-corrected chi connectivity index (χ3v) is 6.09. The van der Waals surface area contributed by atoms with Gasteiger partial charge in [0, 0.05) is 43.5 Å². The minimum absolute atomic E-state index is 0.0738. The van der Waals surface area contributed by atoms with Gasteiger partial charge in [-0.2, -0.15) is 0 Å². The van der Waals surface area contributed by atoms with E-state index in [1.165, 1.54) is 0 Å². The van der Waals surface area contributed by atoms with E-state index in [4.69, 9.17) is 10.7 Å². The van der Waals surface area contributed by atoms with Gasteiger partial charge >= 0.3 is 0 Å². The van der Waals surface area contributed by atoms with Crippen molar-refractivity contribution in [3.63, 3.8) is 0 Å². The molecule has 0 bridgehead atoms. The van der Waals surface area contributed by atoms with Gasteiger partial charge in [-0.25, -0.2) is 4.98 Å². The predicted octanol–water partition coefficient (Wildman–Crippen LogP) is 2.75. The molecule has 32 heavy (non-hydrogen) atoms. The molecule has 0 amide bonds. The van der Waals surface area contributed by atoms with Crippen molar-refractivity contribution in [2.24, 2.45) is 5.73 Å². The second-order valence-corrected chi connectivity index (χ2v) is 8.24. The molecule has 0 spiro atoms. The van der Waals surface area contributed by atoms with Crippen LogP contribution in [0.1, 0.15) is 25.3 Å². The highest BCUT2D eigenvalue weighted by Gasteiger charge is 2.23. The lowest BCUT2D eigenvalue weighted by molar-refractivity contribution is 0.492. The maximum atomic E-state index is 13.7. The summed E-state index contributed by atoms with van der Waals surface area (Å²) in [7, 11) is 0. The molecule has 1 aliphatic rings. The van der Waals surface area contributed by atoms with E-state index in [1.54, 1.807) is 11.5 Å². The van der Waals surface area contributed by atoms with Crippen LogP contribution >= 0.6 is 0 Å². The highest BCUT2D eigenvalue weighted by Crippen LogP contribution is 2.22. The normalized spacial score (nSPS) is 16.3. The minimum Gasteiger partial charge on any atom is -0.341 e.